The molecule has 8 heteroatoms. The third kappa shape index (κ3) is 5.70. The zero-order valence-electron chi connectivity index (χ0n) is 13.2. The lowest BCUT2D eigenvalue weighted by Gasteiger charge is -2.13. The van der Waals surface area contributed by atoms with Crippen LogP contribution in [-0.2, 0) is 21.2 Å². The average Bonchev–Trinajstić information content (AvgIpc) is 3.00. The second-order valence-electron chi connectivity index (χ2n) is 5.41. The summed E-state index contributed by atoms with van der Waals surface area (Å²) in [5, 5.41) is 6.84. The predicted octanol–water partition coefficient (Wildman–Crippen LogP) is 2.30. The summed E-state index contributed by atoms with van der Waals surface area (Å²) in [4.78, 5) is 11.8. The van der Waals surface area contributed by atoms with Gasteiger partial charge in [0.25, 0.3) is 0 Å². The number of carbonyl (C=O) groups is 1. The molecule has 5 nitrogen and oxygen atoms in total. The number of thiophene rings is 1. The van der Waals surface area contributed by atoms with E-state index in [1.54, 1.807) is 11.3 Å². The lowest BCUT2D eigenvalue weighted by molar-refractivity contribution is -0.121. The number of halogens is 1. The van der Waals surface area contributed by atoms with E-state index in [0.29, 0.717) is 0 Å². The SMILES string of the molecule is C[C@H](Cc1ccsc1)NC(=O)CCNS(=O)(=O)c1ccc(F)cc1. The fraction of sp³-hybridized carbons (Fsp3) is 0.312. The highest BCUT2D eigenvalue weighted by Gasteiger charge is 2.15. The van der Waals surface area contributed by atoms with Gasteiger partial charge in [-0.15, -0.1) is 0 Å². The molecule has 0 unspecified atom stereocenters. The van der Waals surface area contributed by atoms with Crippen LogP contribution in [0.2, 0.25) is 0 Å². The van der Waals surface area contributed by atoms with Crippen molar-refractivity contribution in [3.63, 3.8) is 0 Å². The minimum Gasteiger partial charge on any atom is -0.353 e. The molecule has 0 aliphatic carbocycles. The molecule has 0 aliphatic heterocycles. The van der Waals surface area contributed by atoms with Crippen LogP contribution >= 0.6 is 11.3 Å². The number of benzene rings is 1. The molecule has 2 rings (SSSR count). The van der Waals surface area contributed by atoms with E-state index in [2.05, 4.69) is 10.0 Å². The van der Waals surface area contributed by atoms with E-state index < -0.39 is 15.8 Å². The smallest absolute Gasteiger partial charge is 0.240 e. The lowest BCUT2D eigenvalue weighted by atomic mass is 10.1. The van der Waals surface area contributed by atoms with Crippen LogP contribution in [0.1, 0.15) is 18.9 Å². The minimum absolute atomic E-state index is 0.0171. The van der Waals surface area contributed by atoms with E-state index in [1.165, 1.54) is 12.1 Å². The molecule has 24 heavy (non-hydrogen) atoms. The van der Waals surface area contributed by atoms with Crippen LogP contribution in [0.15, 0.2) is 46.0 Å². The summed E-state index contributed by atoms with van der Waals surface area (Å²) >= 11 is 1.60. The zero-order valence-corrected chi connectivity index (χ0v) is 14.8. The Hall–Kier alpha value is -1.77. The minimum atomic E-state index is -3.74. The quantitative estimate of drug-likeness (QED) is 0.749. The molecule has 0 bridgehead atoms. The Morgan fingerprint density at radius 2 is 1.96 bits per heavy atom. The first-order valence-electron chi connectivity index (χ1n) is 7.42. The van der Waals surface area contributed by atoms with E-state index in [4.69, 9.17) is 0 Å². The van der Waals surface area contributed by atoms with E-state index in [0.717, 1.165) is 24.1 Å². The van der Waals surface area contributed by atoms with Gasteiger partial charge in [0.2, 0.25) is 15.9 Å². The molecule has 0 saturated carbocycles. The van der Waals surface area contributed by atoms with Crippen LogP contribution in [0, 0.1) is 5.82 Å². The number of rotatable bonds is 8. The second kappa shape index (κ2) is 8.36. The molecule has 0 aliphatic rings. The van der Waals surface area contributed by atoms with Crippen molar-refractivity contribution < 1.29 is 17.6 Å². The van der Waals surface area contributed by atoms with Crippen LogP contribution in [0.25, 0.3) is 0 Å². The number of carbonyl (C=O) groups excluding carboxylic acids is 1. The third-order valence-electron chi connectivity index (χ3n) is 3.30. The van der Waals surface area contributed by atoms with Gasteiger partial charge >= 0.3 is 0 Å². The van der Waals surface area contributed by atoms with Crippen molar-refractivity contribution >= 4 is 27.3 Å². The van der Waals surface area contributed by atoms with Gasteiger partial charge in [-0.2, -0.15) is 11.3 Å². The number of amides is 1. The van der Waals surface area contributed by atoms with Crippen molar-refractivity contribution in [3.05, 3.63) is 52.5 Å². The summed E-state index contributed by atoms with van der Waals surface area (Å²) in [5.41, 5.74) is 1.16. The van der Waals surface area contributed by atoms with Gasteiger partial charge in [0.1, 0.15) is 5.82 Å². The molecule has 2 N–H and O–H groups in total. The highest BCUT2D eigenvalue weighted by Crippen LogP contribution is 2.10. The Morgan fingerprint density at radius 1 is 1.25 bits per heavy atom. The van der Waals surface area contributed by atoms with Gasteiger partial charge in [-0.3, -0.25) is 4.79 Å². The average molecular weight is 370 g/mol. The summed E-state index contributed by atoms with van der Waals surface area (Å²) < 4.78 is 39.1. The van der Waals surface area contributed by atoms with Gasteiger partial charge in [0.15, 0.2) is 0 Å². The van der Waals surface area contributed by atoms with Crippen LogP contribution < -0.4 is 10.0 Å². The number of hydrogen-bond donors (Lipinski definition) is 2. The van der Waals surface area contributed by atoms with Crippen molar-refractivity contribution in [2.24, 2.45) is 0 Å². The highest BCUT2D eigenvalue weighted by atomic mass is 32.2. The summed E-state index contributed by atoms with van der Waals surface area (Å²) in [6.45, 7) is 1.88. The third-order valence-corrected chi connectivity index (χ3v) is 5.51. The first-order chi connectivity index (χ1) is 11.4. The number of hydrogen-bond acceptors (Lipinski definition) is 4. The molecule has 1 atom stereocenters. The summed E-state index contributed by atoms with van der Waals surface area (Å²) in [5.74, 6) is -0.729. The fourth-order valence-electron chi connectivity index (χ4n) is 2.16. The molecule has 1 amide bonds. The maximum absolute atomic E-state index is 12.8. The summed E-state index contributed by atoms with van der Waals surface area (Å²) in [6, 6.07) is 6.49. The van der Waals surface area contributed by atoms with Crippen molar-refractivity contribution in [1.82, 2.24) is 10.0 Å². The molecule has 0 spiro atoms. The van der Waals surface area contributed by atoms with E-state index in [1.807, 2.05) is 23.8 Å². The maximum atomic E-state index is 12.8. The molecule has 0 radical (unpaired) electrons. The summed E-state index contributed by atoms with van der Waals surface area (Å²) in [7, 11) is -3.74. The molecule has 0 saturated heterocycles. The van der Waals surface area contributed by atoms with Crippen LogP contribution in [0.3, 0.4) is 0 Å². The van der Waals surface area contributed by atoms with E-state index >= 15 is 0 Å². The Bertz CT molecular complexity index is 759. The van der Waals surface area contributed by atoms with E-state index in [9.17, 15) is 17.6 Å². The largest absolute Gasteiger partial charge is 0.353 e. The lowest BCUT2D eigenvalue weighted by Crippen LogP contribution is -2.36. The molecule has 1 aromatic heterocycles. The monoisotopic (exact) mass is 370 g/mol. The van der Waals surface area contributed by atoms with Gasteiger partial charge in [0, 0.05) is 19.0 Å². The Morgan fingerprint density at radius 3 is 2.58 bits per heavy atom. The molecule has 1 aromatic carbocycles. The Balaban J connectivity index is 1.76. The van der Waals surface area contributed by atoms with E-state index in [-0.39, 0.29) is 29.8 Å². The standard InChI is InChI=1S/C16H19FN2O3S2/c1-12(10-13-7-9-23-11-13)19-16(20)6-8-18-24(21,22)15-4-2-14(17)3-5-15/h2-5,7,9,11-12,18H,6,8,10H2,1H3,(H,19,20)/t12-/m1/s1. The van der Waals surface area contributed by atoms with Crippen molar-refractivity contribution in [2.75, 3.05) is 6.54 Å². The molecule has 130 valence electrons. The van der Waals surface area contributed by atoms with Crippen LogP contribution in [0.4, 0.5) is 4.39 Å². The molecular weight excluding hydrogens is 351 g/mol. The van der Waals surface area contributed by atoms with Gasteiger partial charge in [0.05, 0.1) is 4.90 Å². The predicted molar refractivity (Wildman–Crippen MR) is 91.8 cm³/mol. The van der Waals surface area contributed by atoms with Crippen LogP contribution in [-0.4, -0.2) is 26.9 Å². The molecule has 0 fully saturated rings. The van der Waals surface area contributed by atoms with Gasteiger partial charge in [-0.1, -0.05) is 0 Å². The number of nitrogens with one attached hydrogen (secondary N) is 2. The first kappa shape index (κ1) is 18.6. The second-order valence-corrected chi connectivity index (χ2v) is 7.95. The summed E-state index contributed by atoms with van der Waals surface area (Å²) in [6.07, 6.45) is 0.769. The van der Waals surface area contributed by atoms with Gasteiger partial charge in [-0.05, 0) is 60.0 Å². The van der Waals surface area contributed by atoms with Crippen molar-refractivity contribution in [1.29, 1.82) is 0 Å². The Labute approximate surface area is 145 Å². The normalized spacial score (nSPS) is 12.8. The van der Waals surface area contributed by atoms with Gasteiger partial charge in [-0.25, -0.2) is 17.5 Å². The van der Waals surface area contributed by atoms with Crippen molar-refractivity contribution in [3.8, 4) is 0 Å². The zero-order chi connectivity index (χ0) is 17.6. The van der Waals surface area contributed by atoms with Crippen LogP contribution in [0.5, 0.6) is 0 Å². The number of sulfonamides is 1. The first-order valence-corrected chi connectivity index (χ1v) is 9.85. The topological polar surface area (TPSA) is 75.3 Å². The molecule has 2 aromatic rings. The Kier molecular flexibility index (Phi) is 6.47. The highest BCUT2D eigenvalue weighted by molar-refractivity contribution is 7.89. The fourth-order valence-corrected chi connectivity index (χ4v) is 3.87. The maximum Gasteiger partial charge on any atom is 0.240 e. The molecular formula is C16H19FN2O3S2. The molecule has 1 heterocycles. The van der Waals surface area contributed by atoms with Crippen molar-refractivity contribution in [2.45, 2.75) is 30.7 Å². The van der Waals surface area contributed by atoms with Gasteiger partial charge < -0.3 is 5.32 Å².